The first-order valence-electron chi connectivity index (χ1n) is 4.36. The van der Waals surface area contributed by atoms with Crippen LogP contribution < -0.4 is 0 Å². The van der Waals surface area contributed by atoms with Gasteiger partial charge in [-0.3, -0.25) is 0 Å². The molecular weight excluding hydrogens is 140 g/mol. The molecule has 2 rings (SSSR count). The van der Waals surface area contributed by atoms with Gasteiger partial charge in [0, 0.05) is 5.92 Å². The molecule has 2 nitrogen and oxygen atoms in total. The van der Waals surface area contributed by atoms with Crippen LogP contribution in [-0.4, -0.2) is 21.9 Å². The molecule has 0 radical (unpaired) electrons. The lowest BCUT2D eigenvalue weighted by Gasteiger charge is -2.50. The minimum atomic E-state index is -0.605. The van der Waals surface area contributed by atoms with E-state index in [9.17, 15) is 10.2 Å². The van der Waals surface area contributed by atoms with Gasteiger partial charge in [0.1, 0.15) is 0 Å². The Kier molecular flexibility index (Phi) is 1.24. The fraction of sp³-hybridized carbons (Fsp3) is 1.00. The van der Waals surface area contributed by atoms with E-state index in [2.05, 4.69) is 6.92 Å². The van der Waals surface area contributed by atoms with Crippen LogP contribution in [0.2, 0.25) is 0 Å². The van der Waals surface area contributed by atoms with Crippen molar-refractivity contribution in [1.82, 2.24) is 0 Å². The lowest BCUT2D eigenvalue weighted by molar-refractivity contribution is -0.149. The Morgan fingerprint density at radius 2 is 1.91 bits per heavy atom. The Bertz CT molecular complexity index is 176. The summed E-state index contributed by atoms with van der Waals surface area (Å²) in [5, 5.41) is 19.3. The van der Waals surface area contributed by atoms with E-state index in [1.165, 1.54) is 0 Å². The fourth-order valence-corrected chi connectivity index (χ4v) is 3.14. The molecule has 2 fully saturated rings. The Labute approximate surface area is 67.2 Å². The summed E-state index contributed by atoms with van der Waals surface area (Å²) in [7, 11) is 0. The van der Waals surface area contributed by atoms with Gasteiger partial charge in [-0.15, -0.1) is 0 Å². The number of aliphatic hydroxyl groups is 2. The first-order valence-corrected chi connectivity index (χ1v) is 4.36. The predicted molar refractivity (Wildman–Crippen MR) is 42.1 cm³/mol. The summed E-state index contributed by atoms with van der Waals surface area (Å²) in [6.07, 6.45) is 2.55. The summed E-state index contributed by atoms with van der Waals surface area (Å²) in [5.41, 5.74) is -0.366. The van der Waals surface area contributed by atoms with E-state index in [1.54, 1.807) is 0 Å². The molecule has 0 aromatic rings. The molecule has 11 heavy (non-hydrogen) atoms. The van der Waals surface area contributed by atoms with Gasteiger partial charge in [-0.1, -0.05) is 6.92 Å². The first-order chi connectivity index (χ1) is 4.96. The average molecular weight is 156 g/mol. The van der Waals surface area contributed by atoms with E-state index in [0.29, 0.717) is 0 Å². The van der Waals surface area contributed by atoms with Crippen LogP contribution in [0, 0.1) is 11.3 Å². The summed E-state index contributed by atoms with van der Waals surface area (Å²) in [6.45, 7) is 4.02. The van der Waals surface area contributed by atoms with Crippen LogP contribution in [0.15, 0.2) is 0 Å². The van der Waals surface area contributed by atoms with Gasteiger partial charge in [0.05, 0.1) is 11.7 Å². The first kappa shape index (κ1) is 7.56. The molecule has 0 unspecified atom stereocenters. The molecule has 0 saturated heterocycles. The smallest absolute Gasteiger partial charge is 0.0677 e. The van der Waals surface area contributed by atoms with Gasteiger partial charge in [-0.05, 0) is 31.6 Å². The van der Waals surface area contributed by atoms with Crippen molar-refractivity contribution in [2.75, 3.05) is 0 Å². The van der Waals surface area contributed by atoms with Crippen molar-refractivity contribution in [1.29, 1.82) is 0 Å². The van der Waals surface area contributed by atoms with Gasteiger partial charge in [0.2, 0.25) is 0 Å². The molecule has 2 aliphatic rings. The van der Waals surface area contributed by atoms with Gasteiger partial charge in [-0.25, -0.2) is 0 Å². The van der Waals surface area contributed by atoms with Gasteiger partial charge in [0.15, 0.2) is 0 Å². The zero-order valence-electron chi connectivity index (χ0n) is 7.17. The van der Waals surface area contributed by atoms with Crippen molar-refractivity contribution in [2.24, 2.45) is 11.3 Å². The molecule has 0 aromatic heterocycles. The summed E-state index contributed by atoms with van der Waals surface area (Å²) in [6, 6.07) is 0. The van der Waals surface area contributed by atoms with Crippen molar-refractivity contribution in [3.8, 4) is 0 Å². The second kappa shape index (κ2) is 1.80. The van der Waals surface area contributed by atoms with E-state index in [-0.39, 0.29) is 17.4 Å². The number of rotatable bonds is 0. The minimum absolute atomic E-state index is 0.134. The topological polar surface area (TPSA) is 40.5 Å². The molecule has 0 heterocycles. The largest absolute Gasteiger partial charge is 0.393 e. The molecule has 0 aromatic carbocycles. The van der Waals surface area contributed by atoms with Crippen LogP contribution >= 0.6 is 0 Å². The molecule has 4 atom stereocenters. The monoisotopic (exact) mass is 156 g/mol. The second-order valence-corrected chi connectivity index (χ2v) is 4.76. The van der Waals surface area contributed by atoms with Crippen LogP contribution in [-0.2, 0) is 0 Å². The molecule has 2 saturated carbocycles. The Morgan fingerprint density at radius 1 is 1.27 bits per heavy atom. The maximum atomic E-state index is 9.86. The molecule has 2 aliphatic carbocycles. The number of fused-ring (bicyclic) bond motifs is 1. The maximum absolute atomic E-state index is 9.86. The van der Waals surface area contributed by atoms with Gasteiger partial charge in [0.25, 0.3) is 0 Å². The number of aliphatic hydroxyl groups excluding tert-OH is 1. The Morgan fingerprint density at radius 3 is 2.27 bits per heavy atom. The van der Waals surface area contributed by atoms with Crippen molar-refractivity contribution >= 4 is 0 Å². The third kappa shape index (κ3) is 0.798. The normalized spacial score (nSPS) is 62.2. The summed E-state index contributed by atoms with van der Waals surface area (Å²) in [4.78, 5) is 0. The highest BCUT2D eigenvalue weighted by atomic mass is 16.3. The van der Waals surface area contributed by atoms with E-state index < -0.39 is 5.60 Å². The third-order valence-corrected chi connectivity index (χ3v) is 3.68. The standard InChI is InChI=1S/C9H16O2/c1-8-3-4-9(2,11)7(8)6(10)5-8/h6-7,10-11H,3-5H2,1-2H3/t6-,7-,8+,9+/m0/s1. The number of hydrogen-bond acceptors (Lipinski definition) is 2. The summed E-state index contributed by atoms with van der Waals surface area (Å²) in [5.74, 6) is 0.134. The van der Waals surface area contributed by atoms with Crippen LogP contribution in [0.5, 0.6) is 0 Å². The van der Waals surface area contributed by atoms with Crippen molar-refractivity contribution in [2.45, 2.75) is 44.8 Å². The minimum Gasteiger partial charge on any atom is -0.393 e. The zero-order valence-corrected chi connectivity index (χ0v) is 7.17. The van der Waals surface area contributed by atoms with Crippen LogP contribution in [0.1, 0.15) is 33.1 Å². The quantitative estimate of drug-likeness (QED) is 0.547. The van der Waals surface area contributed by atoms with E-state index in [4.69, 9.17) is 0 Å². The van der Waals surface area contributed by atoms with E-state index in [0.717, 1.165) is 19.3 Å². The zero-order chi connectivity index (χ0) is 8.28. The Hall–Kier alpha value is -0.0800. The maximum Gasteiger partial charge on any atom is 0.0677 e. The van der Waals surface area contributed by atoms with Gasteiger partial charge < -0.3 is 10.2 Å². The summed E-state index contributed by atoms with van der Waals surface area (Å²) >= 11 is 0. The molecule has 0 bridgehead atoms. The summed E-state index contributed by atoms with van der Waals surface area (Å²) < 4.78 is 0. The van der Waals surface area contributed by atoms with Crippen LogP contribution in [0.4, 0.5) is 0 Å². The third-order valence-electron chi connectivity index (χ3n) is 3.68. The van der Waals surface area contributed by atoms with Crippen molar-refractivity contribution < 1.29 is 10.2 Å². The Balaban J connectivity index is 2.24. The highest BCUT2D eigenvalue weighted by molar-refractivity contribution is 5.11. The van der Waals surface area contributed by atoms with Crippen molar-refractivity contribution in [3.05, 3.63) is 0 Å². The number of hydrogen-bond donors (Lipinski definition) is 2. The molecular formula is C9H16O2. The van der Waals surface area contributed by atoms with E-state index >= 15 is 0 Å². The predicted octanol–water partition coefficient (Wildman–Crippen LogP) is 0.918. The fourth-order valence-electron chi connectivity index (χ4n) is 3.14. The average Bonchev–Trinajstić information content (AvgIpc) is 1.98. The SMILES string of the molecule is C[C@]12CC[C@@](C)(O)[C@H]1[C@@H](O)C2. The molecule has 2 heteroatoms. The molecule has 0 amide bonds. The highest BCUT2D eigenvalue weighted by Crippen LogP contribution is 2.61. The molecule has 0 spiro atoms. The van der Waals surface area contributed by atoms with Crippen molar-refractivity contribution in [3.63, 3.8) is 0 Å². The van der Waals surface area contributed by atoms with E-state index in [1.807, 2.05) is 6.92 Å². The molecule has 64 valence electrons. The molecule has 2 N–H and O–H groups in total. The van der Waals surface area contributed by atoms with Crippen LogP contribution in [0.3, 0.4) is 0 Å². The lowest BCUT2D eigenvalue weighted by Crippen LogP contribution is -2.54. The van der Waals surface area contributed by atoms with Crippen LogP contribution in [0.25, 0.3) is 0 Å². The van der Waals surface area contributed by atoms with Gasteiger partial charge in [-0.2, -0.15) is 0 Å². The van der Waals surface area contributed by atoms with Gasteiger partial charge >= 0.3 is 0 Å². The molecule has 0 aliphatic heterocycles. The lowest BCUT2D eigenvalue weighted by atomic mass is 9.58. The second-order valence-electron chi connectivity index (χ2n) is 4.76. The highest BCUT2D eigenvalue weighted by Gasteiger charge is 2.61.